The second-order valence-corrected chi connectivity index (χ2v) is 3.23. The van der Waals surface area contributed by atoms with Crippen LogP contribution in [0.3, 0.4) is 0 Å². The molecule has 0 saturated carbocycles. The Kier molecular flexibility index (Phi) is 4.92. The summed E-state index contributed by atoms with van der Waals surface area (Å²) in [6.07, 6.45) is 0.547. The second kappa shape index (κ2) is 5.16. The average Bonchev–Trinajstić information content (AvgIpc) is 1.87. The normalized spacial score (nSPS) is 13.2. The van der Waals surface area contributed by atoms with Gasteiger partial charge in [-0.3, -0.25) is 4.79 Å². The zero-order valence-corrected chi connectivity index (χ0v) is 7.89. The molecule has 2 nitrogen and oxygen atoms in total. The van der Waals surface area contributed by atoms with Crippen molar-refractivity contribution in [1.29, 1.82) is 0 Å². The van der Waals surface area contributed by atoms with E-state index in [1.165, 1.54) is 0 Å². The fourth-order valence-electron chi connectivity index (χ4n) is 0.719. The van der Waals surface area contributed by atoms with Gasteiger partial charge in [0.25, 0.3) is 0 Å². The Morgan fingerprint density at radius 1 is 1.36 bits per heavy atom. The molecule has 0 heterocycles. The van der Waals surface area contributed by atoms with Crippen molar-refractivity contribution in [3.05, 3.63) is 0 Å². The van der Waals surface area contributed by atoms with Crippen LogP contribution in [0, 0.1) is 11.8 Å². The van der Waals surface area contributed by atoms with Gasteiger partial charge in [0.2, 0.25) is 0 Å². The minimum absolute atomic E-state index is 0.0753. The van der Waals surface area contributed by atoms with Crippen molar-refractivity contribution >= 4 is 5.97 Å². The number of rotatable bonds is 4. The van der Waals surface area contributed by atoms with E-state index in [4.69, 9.17) is 4.74 Å². The van der Waals surface area contributed by atoms with E-state index in [0.717, 1.165) is 0 Å². The van der Waals surface area contributed by atoms with Gasteiger partial charge in [-0.05, 0) is 18.8 Å². The summed E-state index contributed by atoms with van der Waals surface area (Å²) >= 11 is 0. The summed E-state index contributed by atoms with van der Waals surface area (Å²) < 4.78 is 4.82. The molecule has 0 rings (SSSR count). The minimum Gasteiger partial charge on any atom is -0.466 e. The van der Waals surface area contributed by atoms with Crippen LogP contribution in [0.5, 0.6) is 0 Å². The fourth-order valence-corrected chi connectivity index (χ4v) is 0.719. The zero-order valence-electron chi connectivity index (χ0n) is 7.89. The monoisotopic (exact) mass is 158 g/mol. The predicted molar refractivity (Wildman–Crippen MR) is 45.3 cm³/mol. The lowest BCUT2D eigenvalue weighted by molar-refractivity contribution is -0.144. The standard InChI is InChI=1S/C9H18O2/c1-5-11-9(10)6-8(4)7(2)3/h7-8H,5-6H2,1-4H3/t8-/m1/s1. The van der Waals surface area contributed by atoms with Crippen LogP contribution in [-0.4, -0.2) is 12.6 Å². The molecule has 0 aromatic heterocycles. The van der Waals surface area contributed by atoms with E-state index >= 15 is 0 Å². The predicted octanol–water partition coefficient (Wildman–Crippen LogP) is 2.23. The molecule has 0 radical (unpaired) electrons. The summed E-state index contributed by atoms with van der Waals surface area (Å²) in [5.41, 5.74) is 0. The first kappa shape index (κ1) is 10.5. The van der Waals surface area contributed by atoms with Crippen LogP contribution in [0.4, 0.5) is 0 Å². The highest BCUT2D eigenvalue weighted by molar-refractivity contribution is 5.69. The summed E-state index contributed by atoms with van der Waals surface area (Å²) in [5.74, 6) is 0.905. The summed E-state index contributed by atoms with van der Waals surface area (Å²) in [6.45, 7) is 8.62. The lowest BCUT2D eigenvalue weighted by Gasteiger charge is -2.13. The summed E-state index contributed by atoms with van der Waals surface area (Å²) in [4.78, 5) is 10.9. The van der Waals surface area contributed by atoms with E-state index < -0.39 is 0 Å². The van der Waals surface area contributed by atoms with Crippen LogP contribution < -0.4 is 0 Å². The van der Waals surface area contributed by atoms with Crippen molar-refractivity contribution in [3.63, 3.8) is 0 Å². The molecular formula is C9H18O2. The van der Waals surface area contributed by atoms with E-state index in [2.05, 4.69) is 20.8 Å². The Morgan fingerprint density at radius 2 is 1.91 bits per heavy atom. The molecule has 0 amide bonds. The van der Waals surface area contributed by atoms with Gasteiger partial charge in [-0.25, -0.2) is 0 Å². The molecule has 11 heavy (non-hydrogen) atoms. The largest absolute Gasteiger partial charge is 0.466 e. The summed E-state index contributed by atoms with van der Waals surface area (Å²) in [7, 11) is 0. The van der Waals surface area contributed by atoms with Gasteiger partial charge in [0.05, 0.1) is 6.61 Å². The van der Waals surface area contributed by atoms with Crippen LogP contribution in [0.25, 0.3) is 0 Å². The molecule has 1 atom stereocenters. The first-order valence-electron chi connectivity index (χ1n) is 4.23. The Hall–Kier alpha value is -0.530. The molecule has 0 saturated heterocycles. The Balaban J connectivity index is 3.57. The van der Waals surface area contributed by atoms with Crippen LogP contribution in [0.15, 0.2) is 0 Å². The van der Waals surface area contributed by atoms with Gasteiger partial charge in [0, 0.05) is 6.42 Å². The number of hydrogen-bond donors (Lipinski definition) is 0. The number of ether oxygens (including phenoxy) is 1. The third-order valence-corrected chi connectivity index (χ3v) is 1.93. The molecule has 0 bridgehead atoms. The van der Waals surface area contributed by atoms with E-state index in [9.17, 15) is 4.79 Å². The maximum absolute atomic E-state index is 10.9. The van der Waals surface area contributed by atoms with Crippen LogP contribution in [0.1, 0.15) is 34.1 Å². The van der Waals surface area contributed by atoms with Crippen LogP contribution >= 0.6 is 0 Å². The van der Waals surface area contributed by atoms with E-state index in [1.807, 2.05) is 6.92 Å². The number of hydrogen-bond acceptors (Lipinski definition) is 2. The number of carbonyl (C=O) groups excluding carboxylic acids is 1. The molecule has 0 spiro atoms. The summed E-state index contributed by atoms with van der Waals surface area (Å²) in [5, 5.41) is 0. The van der Waals surface area contributed by atoms with Crippen molar-refractivity contribution in [3.8, 4) is 0 Å². The molecule has 0 fully saturated rings. The van der Waals surface area contributed by atoms with Crippen LogP contribution in [0.2, 0.25) is 0 Å². The maximum atomic E-state index is 10.9. The van der Waals surface area contributed by atoms with Crippen molar-refractivity contribution < 1.29 is 9.53 Å². The van der Waals surface area contributed by atoms with E-state index in [-0.39, 0.29) is 5.97 Å². The smallest absolute Gasteiger partial charge is 0.306 e. The molecule has 0 aliphatic heterocycles. The topological polar surface area (TPSA) is 26.3 Å². The van der Waals surface area contributed by atoms with E-state index in [0.29, 0.717) is 24.9 Å². The van der Waals surface area contributed by atoms with Crippen LogP contribution in [-0.2, 0) is 9.53 Å². The molecule has 0 aromatic carbocycles. The maximum Gasteiger partial charge on any atom is 0.306 e. The van der Waals surface area contributed by atoms with Gasteiger partial charge in [-0.2, -0.15) is 0 Å². The molecule has 0 N–H and O–H groups in total. The molecular weight excluding hydrogens is 140 g/mol. The fraction of sp³-hybridized carbons (Fsp3) is 0.889. The van der Waals surface area contributed by atoms with Gasteiger partial charge in [-0.1, -0.05) is 20.8 Å². The average molecular weight is 158 g/mol. The van der Waals surface area contributed by atoms with Gasteiger partial charge < -0.3 is 4.74 Å². The summed E-state index contributed by atoms with van der Waals surface area (Å²) in [6, 6.07) is 0. The zero-order chi connectivity index (χ0) is 8.85. The van der Waals surface area contributed by atoms with Crippen molar-refractivity contribution in [2.45, 2.75) is 34.1 Å². The molecule has 0 unspecified atom stereocenters. The highest BCUT2D eigenvalue weighted by Crippen LogP contribution is 2.14. The minimum atomic E-state index is -0.0753. The third kappa shape index (κ3) is 4.82. The third-order valence-electron chi connectivity index (χ3n) is 1.93. The molecule has 0 aliphatic rings. The van der Waals surface area contributed by atoms with Gasteiger partial charge >= 0.3 is 5.97 Å². The van der Waals surface area contributed by atoms with Gasteiger partial charge in [0.15, 0.2) is 0 Å². The lowest BCUT2D eigenvalue weighted by Crippen LogP contribution is -2.13. The molecule has 0 aromatic rings. The second-order valence-electron chi connectivity index (χ2n) is 3.23. The quantitative estimate of drug-likeness (QED) is 0.586. The van der Waals surface area contributed by atoms with E-state index in [1.54, 1.807) is 0 Å². The van der Waals surface area contributed by atoms with Crippen molar-refractivity contribution in [2.75, 3.05) is 6.61 Å². The first-order chi connectivity index (χ1) is 5.07. The Bertz CT molecular complexity index is 119. The Morgan fingerprint density at radius 3 is 2.27 bits per heavy atom. The Labute approximate surface area is 68.9 Å². The highest BCUT2D eigenvalue weighted by Gasteiger charge is 2.12. The molecule has 2 heteroatoms. The molecule has 66 valence electrons. The molecule has 0 aliphatic carbocycles. The first-order valence-corrected chi connectivity index (χ1v) is 4.23. The van der Waals surface area contributed by atoms with Crippen molar-refractivity contribution in [2.24, 2.45) is 11.8 Å². The number of carbonyl (C=O) groups is 1. The SMILES string of the molecule is CCOC(=O)C[C@@H](C)C(C)C. The highest BCUT2D eigenvalue weighted by atomic mass is 16.5. The lowest BCUT2D eigenvalue weighted by atomic mass is 9.95. The van der Waals surface area contributed by atoms with Crippen molar-refractivity contribution in [1.82, 2.24) is 0 Å². The van der Waals surface area contributed by atoms with Gasteiger partial charge in [-0.15, -0.1) is 0 Å². The number of esters is 1. The van der Waals surface area contributed by atoms with Gasteiger partial charge in [0.1, 0.15) is 0 Å².